The van der Waals surface area contributed by atoms with E-state index in [4.69, 9.17) is 0 Å². The van der Waals surface area contributed by atoms with E-state index in [-0.39, 0.29) is 28.9 Å². The molecule has 0 radical (unpaired) electrons. The molecule has 0 spiro atoms. The molecule has 182 valence electrons. The number of aromatic nitrogens is 1. The van der Waals surface area contributed by atoms with Gasteiger partial charge in [0.25, 0.3) is 11.8 Å². The highest BCUT2D eigenvalue weighted by molar-refractivity contribution is 7.12. The van der Waals surface area contributed by atoms with Crippen molar-refractivity contribution >= 4 is 35.2 Å². The number of aryl methyl sites for hydroxylation is 4. The number of rotatable bonds is 7. The highest BCUT2D eigenvalue weighted by Gasteiger charge is 2.20. The molecule has 35 heavy (non-hydrogen) atoms. The molecule has 0 aliphatic heterocycles. The number of thiazole rings is 1. The predicted octanol–water partition coefficient (Wildman–Crippen LogP) is 4.44. The van der Waals surface area contributed by atoms with Crippen LogP contribution < -0.4 is 10.6 Å². The summed E-state index contributed by atoms with van der Waals surface area (Å²) in [6.07, 6.45) is 1.36. The minimum atomic E-state index is -1.30. The summed E-state index contributed by atoms with van der Waals surface area (Å²) in [5, 5.41) is 15.4. The molecule has 3 rings (SSSR count). The zero-order valence-corrected chi connectivity index (χ0v) is 20.3. The molecule has 3 N–H and O–H groups in total. The number of carboxylic acids is 1. The van der Waals surface area contributed by atoms with Gasteiger partial charge < -0.3 is 15.7 Å². The van der Waals surface area contributed by atoms with Crippen molar-refractivity contribution < 1.29 is 28.3 Å². The molecule has 0 bridgehead atoms. The van der Waals surface area contributed by atoms with Gasteiger partial charge in [0.1, 0.15) is 17.3 Å². The lowest BCUT2D eigenvalue weighted by Gasteiger charge is -2.13. The average molecular weight is 500 g/mol. The van der Waals surface area contributed by atoms with E-state index in [2.05, 4.69) is 15.6 Å². The summed E-state index contributed by atoms with van der Waals surface area (Å²) in [6.45, 7) is 6.72. The summed E-state index contributed by atoms with van der Waals surface area (Å²) in [7, 11) is 0. The minimum absolute atomic E-state index is 0.0862. The zero-order valence-electron chi connectivity index (χ0n) is 19.5. The number of carboxylic acid groups (broad SMARTS) is 1. The monoisotopic (exact) mass is 499 g/mol. The summed E-state index contributed by atoms with van der Waals surface area (Å²) in [4.78, 5) is 42.1. The topological polar surface area (TPSA) is 108 Å². The number of aliphatic carboxylic acids is 1. The van der Waals surface area contributed by atoms with E-state index in [1.54, 1.807) is 27.7 Å². The molecule has 3 aromatic rings. The molecule has 7 nitrogen and oxygen atoms in total. The lowest BCUT2D eigenvalue weighted by molar-refractivity contribution is -0.132. The first-order chi connectivity index (χ1) is 16.4. The maximum atomic E-state index is 13.4. The van der Waals surface area contributed by atoms with E-state index in [9.17, 15) is 28.3 Å². The van der Waals surface area contributed by atoms with Gasteiger partial charge >= 0.3 is 5.97 Å². The SMILES string of the molecule is Cc1nc(C)c(/C=C(\NC(=O)c2c(C)cc(C(=O)NCc3cc(F)cc(F)c3)cc2C)C(=O)O)s1. The van der Waals surface area contributed by atoms with Crippen LogP contribution in [-0.4, -0.2) is 27.9 Å². The Morgan fingerprint density at radius 2 is 1.57 bits per heavy atom. The first-order valence-corrected chi connectivity index (χ1v) is 11.3. The van der Waals surface area contributed by atoms with Crippen LogP contribution in [0.3, 0.4) is 0 Å². The van der Waals surface area contributed by atoms with Crippen molar-refractivity contribution in [1.29, 1.82) is 0 Å². The summed E-state index contributed by atoms with van der Waals surface area (Å²) in [6, 6.07) is 5.96. The van der Waals surface area contributed by atoms with Gasteiger partial charge in [-0.05, 0) is 74.7 Å². The number of carbonyl (C=O) groups excluding carboxylic acids is 2. The van der Waals surface area contributed by atoms with Crippen LogP contribution >= 0.6 is 11.3 Å². The molecule has 0 saturated heterocycles. The summed E-state index contributed by atoms with van der Waals surface area (Å²) in [5.41, 5.74) is 2.02. The van der Waals surface area contributed by atoms with Crippen molar-refractivity contribution in [1.82, 2.24) is 15.6 Å². The second kappa shape index (κ2) is 10.6. The molecule has 0 aliphatic rings. The minimum Gasteiger partial charge on any atom is -0.477 e. The Morgan fingerprint density at radius 1 is 0.971 bits per heavy atom. The fourth-order valence-corrected chi connectivity index (χ4v) is 4.47. The number of hydrogen-bond acceptors (Lipinski definition) is 5. The van der Waals surface area contributed by atoms with Crippen molar-refractivity contribution in [2.45, 2.75) is 34.2 Å². The van der Waals surface area contributed by atoms with E-state index in [1.807, 2.05) is 0 Å². The summed E-state index contributed by atoms with van der Waals surface area (Å²) < 4.78 is 26.7. The zero-order chi connectivity index (χ0) is 25.9. The quantitative estimate of drug-likeness (QED) is 0.417. The third kappa shape index (κ3) is 6.36. The number of benzene rings is 2. The van der Waals surface area contributed by atoms with Crippen LogP contribution in [0.4, 0.5) is 8.78 Å². The molecule has 0 unspecified atom stereocenters. The van der Waals surface area contributed by atoms with Crippen molar-refractivity contribution in [2.75, 3.05) is 0 Å². The van der Waals surface area contributed by atoms with Crippen LogP contribution in [0.25, 0.3) is 6.08 Å². The first-order valence-electron chi connectivity index (χ1n) is 10.5. The van der Waals surface area contributed by atoms with E-state index < -0.39 is 29.4 Å². The Kier molecular flexibility index (Phi) is 7.75. The highest BCUT2D eigenvalue weighted by atomic mass is 32.1. The van der Waals surface area contributed by atoms with Crippen LogP contribution in [0.2, 0.25) is 0 Å². The van der Waals surface area contributed by atoms with Crippen molar-refractivity contribution in [3.05, 3.63) is 91.1 Å². The second-order valence-corrected chi connectivity index (χ2v) is 9.18. The van der Waals surface area contributed by atoms with Gasteiger partial charge in [-0.15, -0.1) is 11.3 Å². The molecule has 0 saturated carbocycles. The maximum absolute atomic E-state index is 13.4. The third-order valence-electron chi connectivity index (χ3n) is 5.09. The smallest absolute Gasteiger partial charge is 0.352 e. The molecular weight excluding hydrogens is 476 g/mol. The molecule has 10 heteroatoms. The highest BCUT2D eigenvalue weighted by Crippen LogP contribution is 2.21. The number of amides is 2. The standard InChI is InChI=1S/C25H23F2N3O4S/c1-12-5-17(23(31)28-11-16-7-18(26)9-19(27)8-16)6-13(2)22(12)24(32)30-20(25(33)34)10-21-14(3)29-15(4)35-21/h5-10H,11H2,1-4H3,(H,28,31)(H,30,32)(H,33,34)/b20-10-. The Morgan fingerprint density at radius 3 is 2.09 bits per heavy atom. The van der Waals surface area contributed by atoms with E-state index in [0.29, 0.717) is 21.7 Å². The predicted molar refractivity (Wildman–Crippen MR) is 128 cm³/mol. The van der Waals surface area contributed by atoms with Crippen LogP contribution in [0.15, 0.2) is 36.0 Å². The van der Waals surface area contributed by atoms with Crippen LogP contribution in [0.5, 0.6) is 0 Å². The van der Waals surface area contributed by atoms with Crippen molar-refractivity contribution in [2.24, 2.45) is 0 Å². The van der Waals surface area contributed by atoms with Gasteiger partial charge in [0, 0.05) is 23.7 Å². The Labute approximate surface area is 204 Å². The van der Waals surface area contributed by atoms with Gasteiger partial charge in [-0.1, -0.05) is 0 Å². The Bertz CT molecular complexity index is 1320. The number of carbonyl (C=O) groups is 3. The number of nitrogens with zero attached hydrogens (tertiary/aromatic N) is 1. The van der Waals surface area contributed by atoms with Gasteiger partial charge in [-0.25, -0.2) is 18.6 Å². The summed E-state index contributed by atoms with van der Waals surface area (Å²) >= 11 is 1.31. The molecule has 0 atom stereocenters. The molecule has 2 aromatic carbocycles. The fourth-order valence-electron chi connectivity index (χ4n) is 3.60. The first kappa shape index (κ1) is 25.7. The van der Waals surface area contributed by atoms with E-state index in [1.165, 1.54) is 29.5 Å². The van der Waals surface area contributed by atoms with E-state index >= 15 is 0 Å². The molecule has 2 amide bonds. The average Bonchev–Trinajstić information content (AvgIpc) is 3.06. The third-order valence-corrected chi connectivity index (χ3v) is 6.11. The lowest BCUT2D eigenvalue weighted by Crippen LogP contribution is -2.29. The molecule has 0 aliphatic carbocycles. The fraction of sp³-hybridized carbons (Fsp3) is 0.200. The van der Waals surface area contributed by atoms with Crippen molar-refractivity contribution in [3.8, 4) is 0 Å². The van der Waals surface area contributed by atoms with Gasteiger partial charge in [0.05, 0.1) is 15.6 Å². The van der Waals surface area contributed by atoms with Crippen LogP contribution in [-0.2, 0) is 11.3 Å². The molecule has 1 aromatic heterocycles. The largest absolute Gasteiger partial charge is 0.477 e. The Balaban J connectivity index is 1.79. The van der Waals surface area contributed by atoms with Gasteiger partial charge in [0.2, 0.25) is 0 Å². The maximum Gasteiger partial charge on any atom is 0.352 e. The van der Waals surface area contributed by atoms with Crippen molar-refractivity contribution in [3.63, 3.8) is 0 Å². The van der Waals surface area contributed by atoms with Gasteiger partial charge in [0.15, 0.2) is 0 Å². The second-order valence-electron chi connectivity index (χ2n) is 7.95. The molecule has 0 fully saturated rings. The van der Waals surface area contributed by atoms with Crippen LogP contribution in [0.1, 0.15) is 53.0 Å². The van der Waals surface area contributed by atoms with E-state index in [0.717, 1.165) is 23.2 Å². The normalized spacial score (nSPS) is 11.3. The Hall–Kier alpha value is -3.92. The van der Waals surface area contributed by atoms with Crippen LogP contribution in [0, 0.1) is 39.3 Å². The number of nitrogens with one attached hydrogen (secondary N) is 2. The molecular formula is C25H23F2N3O4S. The number of halogens is 2. The van der Waals surface area contributed by atoms with Gasteiger partial charge in [-0.3, -0.25) is 9.59 Å². The van der Waals surface area contributed by atoms with Gasteiger partial charge in [-0.2, -0.15) is 0 Å². The number of hydrogen-bond donors (Lipinski definition) is 3. The lowest BCUT2D eigenvalue weighted by atomic mass is 9.98. The molecule has 1 heterocycles. The summed E-state index contributed by atoms with van der Waals surface area (Å²) in [5.74, 6) is -3.91.